The topological polar surface area (TPSA) is 61.4 Å². The van der Waals surface area contributed by atoms with Crippen molar-refractivity contribution in [3.63, 3.8) is 0 Å². The molecule has 4 heteroatoms. The molecule has 4 nitrogen and oxygen atoms in total. The van der Waals surface area contributed by atoms with Gasteiger partial charge >= 0.3 is 5.97 Å². The van der Waals surface area contributed by atoms with E-state index in [4.69, 9.17) is 10.2 Å². The molecule has 14 heavy (non-hydrogen) atoms. The fourth-order valence-electron chi connectivity index (χ4n) is 1.29. The van der Waals surface area contributed by atoms with Gasteiger partial charge in [-0.15, -0.1) is 0 Å². The molecular weight excluding hydrogens is 182 g/mol. The van der Waals surface area contributed by atoms with Gasteiger partial charge in [-0.1, -0.05) is 0 Å². The van der Waals surface area contributed by atoms with E-state index in [1.165, 1.54) is 0 Å². The third-order valence-electron chi connectivity index (χ3n) is 1.77. The number of hydrogen-bond acceptors (Lipinski definition) is 2. The number of aliphatic carboxylic acids is 1. The molecule has 0 saturated carbocycles. The molecule has 0 aromatic carbocycles. The number of pyridine rings is 1. The highest BCUT2D eigenvalue weighted by molar-refractivity contribution is 5.64. The minimum absolute atomic E-state index is 0.0480. The largest absolute Gasteiger partial charge is 0.477 e. The van der Waals surface area contributed by atoms with Crippen molar-refractivity contribution >= 4 is 5.97 Å². The van der Waals surface area contributed by atoms with E-state index in [1.807, 2.05) is 6.07 Å². The molecule has 0 aliphatic rings. The molecule has 1 unspecified atom stereocenters. The summed E-state index contributed by atoms with van der Waals surface area (Å²) in [6, 6.07) is 3.64. The number of carboxylic acids is 1. The van der Waals surface area contributed by atoms with E-state index in [9.17, 15) is 4.79 Å². The maximum absolute atomic E-state index is 10.4. The lowest BCUT2D eigenvalue weighted by molar-refractivity contribution is -0.686. The van der Waals surface area contributed by atoms with Crippen LogP contribution in [0.15, 0.2) is 24.5 Å². The van der Waals surface area contributed by atoms with Crippen LogP contribution < -0.4 is 4.57 Å². The Morgan fingerprint density at radius 3 is 2.93 bits per heavy atom. The van der Waals surface area contributed by atoms with Crippen LogP contribution >= 0.6 is 0 Å². The predicted octanol–water partition coefficient (Wildman–Crippen LogP) is -0.0180. The van der Waals surface area contributed by atoms with Crippen LogP contribution in [-0.2, 0) is 17.8 Å². The maximum Gasteiger partial charge on any atom is 0.370 e. The molecule has 1 atom stereocenters. The zero-order valence-corrected chi connectivity index (χ0v) is 8.05. The second kappa shape index (κ2) is 4.72. The lowest BCUT2D eigenvalue weighted by Crippen LogP contribution is -2.37. The van der Waals surface area contributed by atoms with Crippen molar-refractivity contribution in [1.82, 2.24) is 0 Å². The standard InChI is InChI=1S/C10H13NO3/c1-8(12)5-9-3-2-4-11(6-9)7-10(13)14/h2-4,6,8,12H,5,7H2,1H3/p+1. The summed E-state index contributed by atoms with van der Waals surface area (Å²) in [5.41, 5.74) is 0.934. The summed E-state index contributed by atoms with van der Waals surface area (Å²) in [6.07, 6.45) is 3.57. The smallest absolute Gasteiger partial charge is 0.370 e. The first-order valence-electron chi connectivity index (χ1n) is 4.46. The lowest BCUT2D eigenvalue weighted by Gasteiger charge is -2.02. The third kappa shape index (κ3) is 3.53. The van der Waals surface area contributed by atoms with Gasteiger partial charge in [-0.25, -0.2) is 4.79 Å². The number of carboxylic acid groups (broad SMARTS) is 1. The highest BCUT2D eigenvalue weighted by Gasteiger charge is 2.08. The van der Waals surface area contributed by atoms with E-state index < -0.39 is 12.1 Å². The molecule has 0 amide bonds. The fourth-order valence-corrected chi connectivity index (χ4v) is 1.29. The maximum atomic E-state index is 10.4. The molecule has 0 saturated heterocycles. The van der Waals surface area contributed by atoms with Crippen LogP contribution in [0.1, 0.15) is 12.5 Å². The summed E-state index contributed by atoms with van der Waals surface area (Å²) in [5, 5.41) is 17.7. The minimum atomic E-state index is -0.871. The van der Waals surface area contributed by atoms with Crippen LogP contribution in [0.4, 0.5) is 0 Å². The SMILES string of the molecule is CC(O)Cc1ccc[n+](CC(=O)O)c1. The van der Waals surface area contributed by atoms with Gasteiger partial charge in [0.1, 0.15) is 0 Å². The normalized spacial score (nSPS) is 12.4. The first kappa shape index (κ1) is 10.7. The Kier molecular flexibility index (Phi) is 3.59. The summed E-state index contributed by atoms with van der Waals surface area (Å²) in [4.78, 5) is 10.4. The van der Waals surface area contributed by atoms with Crippen molar-refractivity contribution in [1.29, 1.82) is 0 Å². The molecule has 0 fully saturated rings. The molecular formula is C10H14NO3+. The Morgan fingerprint density at radius 2 is 2.36 bits per heavy atom. The number of hydrogen-bond donors (Lipinski definition) is 2. The average molecular weight is 196 g/mol. The molecule has 2 N–H and O–H groups in total. The van der Waals surface area contributed by atoms with Crippen molar-refractivity contribution in [3.05, 3.63) is 30.1 Å². The molecule has 76 valence electrons. The van der Waals surface area contributed by atoms with Crippen LogP contribution in [-0.4, -0.2) is 22.3 Å². The average Bonchev–Trinajstić information content (AvgIpc) is 2.01. The number of aliphatic hydroxyl groups excluding tert-OH is 1. The zero-order chi connectivity index (χ0) is 10.6. The van der Waals surface area contributed by atoms with E-state index in [0.717, 1.165) is 5.56 Å². The van der Waals surface area contributed by atoms with Gasteiger partial charge in [0.15, 0.2) is 12.4 Å². The first-order chi connectivity index (χ1) is 6.58. The molecule has 0 spiro atoms. The van der Waals surface area contributed by atoms with Crippen molar-refractivity contribution in [3.8, 4) is 0 Å². The molecule has 0 aliphatic heterocycles. The molecule has 0 aliphatic carbocycles. The number of aliphatic hydroxyl groups is 1. The second-order valence-corrected chi connectivity index (χ2v) is 3.33. The van der Waals surface area contributed by atoms with Gasteiger partial charge in [0, 0.05) is 18.1 Å². The number of carbonyl (C=O) groups is 1. The Bertz CT molecular complexity index is 323. The highest BCUT2D eigenvalue weighted by Crippen LogP contribution is 1.99. The van der Waals surface area contributed by atoms with Crippen molar-refractivity contribution in [2.45, 2.75) is 26.0 Å². The van der Waals surface area contributed by atoms with E-state index in [1.54, 1.807) is 30.0 Å². The zero-order valence-electron chi connectivity index (χ0n) is 8.05. The van der Waals surface area contributed by atoms with E-state index in [0.29, 0.717) is 6.42 Å². The molecule has 1 aromatic rings. The summed E-state index contributed by atoms with van der Waals surface area (Å²) in [7, 11) is 0. The lowest BCUT2D eigenvalue weighted by atomic mass is 10.1. The molecule has 1 rings (SSSR count). The monoisotopic (exact) mass is 196 g/mol. The van der Waals surface area contributed by atoms with Crippen LogP contribution in [0.2, 0.25) is 0 Å². The summed E-state index contributed by atoms with van der Waals surface area (Å²) in [6.45, 7) is 1.65. The molecule has 1 aromatic heterocycles. The molecule has 1 heterocycles. The van der Waals surface area contributed by atoms with Crippen molar-refractivity contribution in [2.24, 2.45) is 0 Å². The Labute approximate surface area is 82.4 Å². The first-order valence-corrected chi connectivity index (χ1v) is 4.46. The van der Waals surface area contributed by atoms with Crippen molar-refractivity contribution in [2.75, 3.05) is 0 Å². The Balaban J connectivity index is 2.73. The van der Waals surface area contributed by atoms with Gasteiger partial charge in [-0.3, -0.25) is 0 Å². The van der Waals surface area contributed by atoms with Gasteiger partial charge < -0.3 is 10.2 Å². The quantitative estimate of drug-likeness (QED) is 0.665. The second-order valence-electron chi connectivity index (χ2n) is 3.33. The summed E-state index contributed by atoms with van der Waals surface area (Å²) >= 11 is 0. The number of rotatable bonds is 4. The van der Waals surface area contributed by atoms with E-state index in [-0.39, 0.29) is 6.54 Å². The van der Waals surface area contributed by atoms with Gasteiger partial charge in [0.2, 0.25) is 6.54 Å². The molecule has 0 radical (unpaired) electrons. The minimum Gasteiger partial charge on any atom is -0.477 e. The van der Waals surface area contributed by atoms with Gasteiger partial charge in [-0.2, -0.15) is 4.57 Å². The highest BCUT2D eigenvalue weighted by atomic mass is 16.4. The number of aromatic nitrogens is 1. The number of nitrogens with zero attached hydrogens (tertiary/aromatic N) is 1. The van der Waals surface area contributed by atoms with Crippen LogP contribution in [0.5, 0.6) is 0 Å². The Hall–Kier alpha value is -1.42. The van der Waals surface area contributed by atoms with Crippen LogP contribution in [0.3, 0.4) is 0 Å². The summed E-state index contributed by atoms with van der Waals surface area (Å²) < 4.78 is 1.58. The Morgan fingerprint density at radius 1 is 1.64 bits per heavy atom. The van der Waals surface area contributed by atoms with Gasteiger partial charge in [0.25, 0.3) is 0 Å². The van der Waals surface area contributed by atoms with E-state index >= 15 is 0 Å². The fraction of sp³-hybridized carbons (Fsp3) is 0.400. The van der Waals surface area contributed by atoms with Gasteiger partial charge in [-0.05, 0) is 13.0 Å². The van der Waals surface area contributed by atoms with Crippen LogP contribution in [0.25, 0.3) is 0 Å². The van der Waals surface area contributed by atoms with Gasteiger partial charge in [0.05, 0.1) is 6.10 Å². The van der Waals surface area contributed by atoms with E-state index in [2.05, 4.69) is 0 Å². The predicted molar refractivity (Wildman–Crippen MR) is 49.7 cm³/mol. The molecule has 0 bridgehead atoms. The third-order valence-corrected chi connectivity index (χ3v) is 1.77. The van der Waals surface area contributed by atoms with Crippen LogP contribution in [0, 0.1) is 0 Å². The van der Waals surface area contributed by atoms with Crippen molar-refractivity contribution < 1.29 is 19.6 Å². The summed E-state index contributed by atoms with van der Waals surface area (Å²) in [5.74, 6) is -0.871.